The zero-order valence-electron chi connectivity index (χ0n) is 11.3. The molecule has 0 amide bonds. The second kappa shape index (κ2) is 5.44. The van der Waals surface area contributed by atoms with Crippen LogP contribution >= 0.6 is 0 Å². The van der Waals surface area contributed by atoms with Gasteiger partial charge >= 0.3 is 0 Å². The quantitative estimate of drug-likeness (QED) is 0.681. The Morgan fingerprint density at radius 2 is 2.06 bits per heavy atom. The van der Waals surface area contributed by atoms with Crippen molar-refractivity contribution in [1.82, 2.24) is 0 Å². The summed E-state index contributed by atoms with van der Waals surface area (Å²) in [5, 5.41) is 0. The fourth-order valence-corrected chi connectivity index (χ4v) is 2.17. The number of Topliss-reactive ketones (excluding diaryl/α,β-unsaturated/α-hetero) is 2. The molecule has 0 N–H and O–H groups in total. The lowest BCUT2D eigenvalue weighted by Crippen LogP contribution is -2.05. The molecule has 1 aliphatic carbocycles. The van der Waals surface area contributed by atoms with E-state index in [0.717, 1.165) is 18.4 Å². The molecule has 0 aromatic carbocycles. The lowest BCUT2D eigenvalue weighted by atomic mass is 9.93. The maximum absolute atomic E-state index is 11.8. The number of carbonyl (C=O) groups is 2. The monoisotopic (exact) mass is 234 g/mol. The first-order valence-electron chi connectivity index (χ1n) is 6.20. The zero-order chi connectivity index (χ0) is 13.1. The molecule has 0 unspecified atom stereocenters. The molecule has 0 radical (unpaired) electrons. The van der Waals surface area contributed by atoms with Crippen molar-refractivity contribution in [3.63, 3.8) is 0 Å². The van der Waals surface area contributed by atoms with Crippen molar-refractivity contribution >= 4 is 11.6 Å². The van der Waals surface area contributed by atoms with Gasteiger partial charge in [0, 0.05) is 12.8 Å². The molecule has 0 bridgehead atoms. The van der Waals surface area contributed by atoms with Crippen molar-refractivity contribution in [1.29, 1.82) is 0 Å². The van der Waals surface area contributed by atoms with Gasteiger partial charge in [-0.05, 0) is 37.7 Å². The van der Waals surface area contributed by atoms with Crippen molar-refractivity contribution in [2.24, 2.45) is 5.41 Å². The van der Waals surface area contributed by atoms with Crippen LogP contribution in [0.4, 0.5) is 0 Å². The highest BCUT2D eigenvalue weighted by atomic mass is 16.1. The van der Waals surface area contributed by atoms with Crippen LogP contribution in [0.2, 0.25) is 0 Å². The van der Waals surface area contributed by atoms with E-state index in [1.807, 2.05) is 6.92 Å². The summed E-state index contributed by atoms with van der Waals surface area (Å²) in [6.07, 6.45) is 6.91. The largest absolute Gasteiger partial charge is 0.300 e. The molecule has 2 nitrogen and oxygen atoms in total. The summed E-state index contributed by atoms with van der Waals surface area (Å²) in [6.45, 7) is 7.81. The Bertz CT molecular complexity index is 384. The number of hydrogen-bond acceptors (Lipinski definition) is 2. The molecule has 0 aromatic rings. The molecule has 0 aliphatic heterocycles. The highest BCUT2D eigenvalue weighted by molar-refractivity contribution is 5.98. The molecule has 0 atom stereocenters. The van der Waals surface area contributed by atoms with Crippen LogP contribution in [0.25, 0.3) is 0 Å². The Balaban J connectivity index is 2.54. The summed E-state index contributed by atoms with van der Waals surface area (Å²) in [7, 11) is 0. The summed E-state index contributed by atoms with van der Waals surface area (Å²) in [5.41, 5.74) is 2.14. The molecule has 0 aromatic heterocycles. The summed E-state index contributed by atoms with van der Waals surface area (Å²) < 4.78 is 0. The molecule has 1 rings (SSSR count). The average molecular weight is 234 g/mol. The van der Waals surface area contributed by atoms with E-state index < -0.39 is 0 Å². The first-order valence-corrected chi connectivity index (χ1v) is 6.20. The van der Waals surface area contributed by atoms with Gasteiger partial charge in [-0.25, -0.2) is 0 Å². The first-order chi connectivity index (χ1) is 7.80. The van der Waals surface area contributed by atoms with Crippen LogP contribution in [0.5, 0.6) is 0 Å². The van der Waals surface area contributed by atoms with E-state index in [4.69, 9.17) is 0 Å². The Kier molecular flexibility index (Phi) is 4.44. The smallest absolute Gasteiger partial charge is 0.159 e. The lowest BCUT2D eigenvalue weighted by Gasteiger charge is -2.10. The first kappa shape index (κ1) is 13.9. The molecule has 0 fully saturated rings. The number of hydrogen-bond donors (Lipinski definition) is 0. The minimum absolute atomic E-state index is 0.0199. The van der Waals surface area contributed by atoms with Crippen LogP contribution in [0.15, 0.2) is 23.3 Å². The van der Waals surface area contributed by atoms with Gasteiger partial charge in [0.15, 0.2) is 5.78 Å². The van der Waals surface area contributed by atoms with Gasteiger partial charge in [0.2, 0.25) is 0 Å². The number of ketones is 2. The van der Waals surface area contributed by atoms with Crippen molar-refractivity contribution in [3.05, 3.63) is 23.3 Å². The SMILES string of the molecule is CC(=O)CC/C=C(/C)CC1=CC(C)(C)CC1=O. The van der Waals surface area contributed by atoms with Crippen LogP contribution in [0.3, 0.4) is 0 Å². The van der Waals surface area contributed by atoms with Crippen LogP contribution in [-0.2, 0) is 9.59 Å². The lowest BCUT2D eigenvalue weighted by molar-refractivity contribution is -0.117. The van der Waals surface area contributed by atoms with Gasteiger partial charge in [-0.2, -0.15) is 0 Å². The van der Waals surface area contributed by atoms with E-state index in [9.17, 15) is 9.59 Å². The molecular weight excluding hydrogens is 212 g/mol. The summed E-state index contributed by atoms with van der Waals surface area (Å²) in [5.74, 6) is 0.487. The highest BCUT2D eigenvalue weighted by Crippen LogP contribution is 2.34. The molecule has 2 heteroatoms. The number of rotatable bonds is 5. The van der Waals surface area contributed by atoms with E-state index in [-0.39, 0.29) is 17.0 Å². The van der Waals surface area contributed by atoms with Gasteiger partial charge in [-0.1, -0.05) is 31.6 Å². The Morgan fingerprint density at radius 3 is 2.53 bits per heavy atom. The van der Waals surface area contributed by atoms with E-state index in [2.05, 4.69) is 26.0 Å². The third-order valence-corrected chi connectivity index (χ3v) is 3.00. The van der Waals surface area contributed by atoms with Gasteiger partial charge in [-0.15, -0.1) is 0 Å². The Hall–Kier alpha value is -1.18. The molecule has 0 saturated heterocycles. The third kappa shape index (κ3) is 4.68. The highest BCUT2D eigenvalue weighted by Gasteiger charge is 2.29. The molecule has 0 saturated carbocycles. The van der Waals surface area contributed by atoms with Gasteiger partial charge < -0.3 is 4.79 Å². The van der Waals surface area contributed by atoms with E-state index in [1.54, 1.807) is 6.92 Å². The van der Waals surface area contributed by atoms with Crippen LogP contribution in [-0.4, -0.2) is 11.6 Å². The predicted octanol–water partition coefficient (Wildman–Crippen LogP) is 3.62. The molecule has 1 aliphatic rings. The van der Waals surface area contributed by atoms with Crippen molar-refractivity contribution in [3.8, 4) is 0 Å². The minimum Gasteiger partial charge on any atom is -0.300 e. The van der Waals surface area contributed by atoms with E-state index >= 15 is 0 Å². The second-order valence-corrected chi connectivity index (χ2v) is 5.73. The molecular formula is C15H22O2. The van der Waals surface area contributed by atoms with Crippen LogP contribution in [0.1, 0.15) is 53.4 Å². The van der Waals surface area contributed by atoms with Crippen molar-refractivity contribution in [2.45, 2.75) is 53.4 Å². The maximum Gasteiger partial charge on any atom is 0.159 e. The maximum atomic E-state index is 11.8. The fourth-order valence-electron chi connectivity index (χ4n) is 2.17. The van der Waals surface area contributed by atoms with E-state index in [0.29, 0.717) is 12.8 Å². The van der Waals surface area contributed by atoms with Crippen molar-refractivity contribution in [2.75, 3.05) is 0 Å². The Labute approximate surface area is 104 Å². The molecule has 0 spiro atoms. The molecule has 94 valence electrons. The van der Waals surface area contributed by atoms with E-state index in [1.165, 1.54) is 5.57 Å². The van der Waals surface area contributed by atoms with Gasteiger partial charge in [0.1, 0.15) is 5.78 Å². The summed E-state index contributed by atoms with van der Waals surface area (Å²) >= 11 is 0. The average Bonchev–Trinajstić information content (AvgIpc) is 2.38. The number of allylic oxidation sites excluding steroid dienone is 4. The van der Waals surface area contributed by atoms with Crippen LogP contribution < -0.4 is 0 Å². The standard InChI is InChI=1S/C15H22O2/c1-11(6-5-7-12(2)16)8-13-9-15(3,4)10-14(13)17/h6,9H,5,7-8,10H2,1-4H3/b11-6-. The van der Waals surface area contributed by atoms with Gasteiger partial charge in [0.25, 0.3) is 0 Å². The predicted molar refractivity (Wildman–Crippen MR) is 69.8 cm³/mol. The third-order valence-electron chi connectivity index (χ3n) is 3.00. The van der Waals surface area contributed by atoms with Gasteiger partial charge in [-0.3, -0.25) is 4.79 Å². The minimum atomic E-state index is 0.0199. The summed E-state index contributed by atoms with van der Waals surface area (Å²) in [6, 6.07) is 0. The van der Waals surface area contributed by atoms with Crippen molar-refractivity contribution < 1.29 is 9.59 Å². The fraction of sp³-hybridized carbons (Fsp3) is 0.600. The normalized spacial score (nSPS) is 19.4. The molecule has 0 heterocycles. The second-order valence-electron chi connectivity index (χ2n) is 5.73. The summed E-state index contributed by atoms with van der Waals surface area (Å²) in [4.78, 5) is 22.6. The molecule has 17 heavy (non-hydrogen) atoms. The van der Waals surface area contributed by atoms with Crippen LogP contribution in [0, 0.1) is 5.41 Å². The topological polar surface area (TPSA) is 34.1 Å². The van der Waals surface area contributed by atoms with Gasteiger partial charge in [0.05, 0.1) is 0 Å². The zero-order valence-corrected chi connectivity index (χ0v) is 11.3. The Morgan fingerprint density at radius 1 is 1.41 bits per heavy atom. The number of carbonyl (C=O) groups excluding carboxylic acids is 2.